The molecule has 3 aromatic rings. The smallest absolute Gasteiger partial charge is 0.0487 e. The average Bonchev–Trinajstić information content (AvgIpc) is 3.18. The van der Waals surface area contributed by atoms with Crippen LogP contribution >= 0.6 is 34.0 Å². The van der Waals surface area contributed by atoms with Crippen molar-refractivity contribution in [3.8, 4) is 19.5 Å². The molecule has 0 radical (unpaired) electrons. The maximum Gasteiger partial charge on any atom is 0.0487 e. The Hall–Kier alpha value is -1.16. The number of fused-ring (bicyclic) bond motifs is 1. The van der Waals surface area contributed by atoms with E-state index in [1.807, 2.05) is 34.0 Å². The first-order chi connectivity index (χ1) is 10.2. The van der Waals surface area contributed by atoms with Gasteiger partial charge in [-0.15, -0.1) is 34.0 Å². The van der Waals surface area contributed by atoms with Gasteiger partial charge < -0.3 is 0 Å². The van der Waals surface area contributed by atoms with Crippen LogP contribution < -0.4 is 0 Å². The zero-order chi connectivity index (χ0) is 14.4. The summed E-state index contributed by atoms with van der Waals surface area (Å²) in [6, 6.07) is 8.84. The molecule has 0 N–H and O–H groups in total. The Morgan fingerprint density at radius 3 is 1.62 bits per heavy atom. The molecular weight excluding hydrogens is 312 g/mol. The Bertz CT molecular complexity index is 732. The van der Waals surface area contributed by atoms with Gasteiger partial charge in [-0.1, -0.05) is 23.3 Å². The molecule has 1 aliphatic rings. The summed E-state index contributed by atoms with van der Waals surface area (Å²) in [7, 11) is 0. The van der Waals surface area contributed by atoms with Gasteiger partial charge in [0.15, 0.2) is 0 Å². The van der Waals surface area contributed by atoms with E-state index in [2.05, 4.69) is 48.9 Å². The standard InChI is InChI=1S/C18H16S3/c1-11-9-13-14(10-12(11)2)18(16-6-4-8-20-16)21-17(13)15-5-3-7-19-15/h3-8H,9-10H2,1-2H3. The van der Waals surface area contributed by atoms with E-state index in [-0.39, 0.29) is 0 Å². The van der Waals surface area contributed by atoms with Crippen molar-refractivity contribution in [2.75, 3.05) is 0 Å². The second kappa shape index (κ2) is 5.24. The van der Waals surface area contributed by atoms with E-state index in [4.69, 9.17) is 0 Å². The third-order valence-electron chi connectivity index (χ3n) is 4.22. The fourth-order valence-corrected chi connectivity index (χ4v) is 6.02. The van der Waals surface area contributed by atoms with Gasteiger partial charge in [0.1, 0.15) is 0 Å². The molecular formula is C18H16S3. The maximum absolute atomic E-state index is 2.29. The van der Waals surface area contributed by atoms with Gasteiger partial charge in [0, 0.05) is 19.5 Å². The molecule has 0 saturated carbocycles. The van der Waals surface area contributed by atoms with Gasteiger partial charge in [-0.3, -0.25) is 0 Å². The zero-order valence-electron chi connectivity index (χ0n) is 12.1. The van der Waals surface area contributed by atoms with E-state index in [1.165, 1.54) is 19.5 Å². The van der Waals surface area contributed by atoms with Crippen LogP contribution in [0.3, 0.4) is 0 Å². The first kappa shape index (κ1) is 13.5. The molecule has 106 valence electrons. The third kappa shape index (κ3) is 2.24. The van der Waals surface area contributed by atoms with Crippen LogP contribution in [0.15, 0.2) is 46.2 Å². The normalized spacial score (nSPS) is 14.6. The van der Waals surface area contributed by atoms with Crippen LogP contribution in [0.4, 0.5) is 0 Å². The number of allylic oxidation sites excluding steroid dienone is 2. The second-order valence-corrected chi connectivity index (χ2v) is 8.50. The molecule has 0 bridgehead atoms. The van der Waals surface area contributed by atoms with Crippen LogP contribution in [0.2, 0.25) is 0 Å². The number of hydrogen-bond donors (Lipinski definition) is 0. The molecule has 4 rings (SSSR count). The summed E-state index contributed by atoms with van der Waals surface area (Å²) in [4.78, 5) is 5.84. The number of hydrogen-bond acceptors (Lipinski definition) is 3. The van der Waals surface area contributed by atoms with E-state index in [0.717, 1.165) is 12.8 Å². The topological polar surface area (TPSA) is 0 Å². The summed E-state index contributed by atoms with van der Waals surface area (Å²) in [5, 5.41) is 4.37. The second-order valence-electron chi connectivity index (χ2n) is 5.59. The quantitative estimate of drug-likeness (QED) is 0.462. The van der Waals surface area contributed by atoms with E-state index >= 15 is 0 Å². The summed E-state index contributed by atoms with van der Waals surface area (Å²) in [5.41, 5.74) is 6.26. The monoisotopic (exact) mass is 328 g/mol. The van der Waals surface area contributed by atoms with E-state index in [0.29, 0.717) is 0 Å². The number of thiophene rings is 3. The van der Waals surface area contributed by atoms with Crippen molar-refractivity contribution in [3.05, 3.63) is 57.3 Å². The van der Waals surface area contributed by atoms with Crippen LogP contribution in [0.25, 0.3) is 19.5 Å². The zero-order valence-corrected chi connectivity index (χ0v) is 14.6. The molecule has 0 amide bonds. The summed E-state index contributed by atoms with van der Waals surface area (Å²) >= 11 is 5.71. The Kier molecular flexibility index (Phi) is 3.37. The third-order valence-corrected chi connectivity index (χ3v) is 7.59. The van der Waals surface area contributed by atoms with Crippen molar-refractivity contribution in [1.82, 2.24) is 0 Å². The highest BCUT2D eigenvalue weighted by molar-refractivity contribution is 7.26. The molecule has 0 atom stereocenters. The van der Waals surface area contributed by atoms with Gasteiger partial charge in [-0.2, -0.15) is 0 Å². The highest BCUT2D eigenvalue weighted by atomic mass is 32.1. The lowest BCUT2D eigenvalue weighted by molar-refractivity contribution is 0.966. The lowest BCUT2D eigenvalue weighted by Gasteiger charge is -2.17. The Labute approximate surface area is 137 Å². The summed E-state index contributed by atoms with van der Waals surface area (Å²) in [5.74, 6) is 0. The predicted octanol–water partition coefficient (Wildman–Crippen LogP) is 6.64. The molecule has 0 unspecified atom stereocenters. The molecule has 0 fully saturated rings. The molecule has 0 saturated heterocycles. The fraction of sp³-hybridized carbons (Fsp3) is 0.222. The maximum atomic E-state index is 2.29. The highest BCUT2D eigenvalue weighted by Gasteiger charge is 2.25. The van der Waals surface area contributed by atoms with E-state index < -0.39 is 0 Å². The van der Waals surface area contributed by atoms with Crippen molar-refractivity contribution in [3.63, 3.8) is 0 Å². The van der Waals surface area contributed by atoms with E-state index in [9.17, 15) is 0 Å². The minimum absolute atomic E-state index is 1.12. The van der Waals surface area contributed by atoms with Gasteiger partial charge in [-0.25, -0.2) is 0 Å². The van der Waals surface area contributed by atoms with Crippen LogP contribution in [0.5, 0.6) is 0 Å². The SMILES string of the molecule is CC1=C(C)Cc2c(-c3cccs3)sc(-c3cccs3)c2C1. The number of rotatable bonds is 2. The van der Waals surface area contributed by atoms with Crippen molar-refractivity contribution in [2.24, 2.45) is 0 Å². The van der Waals surface area contributed by atoms with Gasteiger partial charge >= 0.3 is 0 Å². The van der Waals surface area contributed by atoms with E-state index in [1.54, 1.807) is 22.3 Å². The highest BCUT2D eigenvalue weighted by Crippen LogP contribution is 2.48. The molecule has 0 spiro atoms. The first-order valence-electron chi connectivity index (χ1n) is 7.11. The fourth-order valence-electron chi connectivity index (χ4n) is 2.92. The molecule has 0 nitrogen and oxygen atoms in total. The molecule has 0 aliphatic heterocycles. The predicted molar refractivity (Wildman–Crippen MR) is 96.7 cm³/mol. The van der Waals surface area contributed by atoms with Crippen LogP contribution in [0, 0.1) is 0 Å². The van der Waals surface area contributed by atoms with Crippen molar-refractivity contribution < 1.29 is 0 Å². The minimum atomic E-state index is 1.12. The van der Waals surface area contributed by atoms with Crippen molar-refractivity contribution >= 4 is 34.0 Å². The summed E-state index contributed by atoms with van der Waals surface area (Å²) in [6.07, 6.45) is 2.24. The molecule has 21 heavy (non-hydrogen) atoms. The van der Waals surface area contributed by atoms with Gasteiger partial charge in [0.2, 0.25) is 0 Å². The largest absolute Gasteiger partial charge is 0.143 e. The van der Waals surface area contributed by atoms with Crippen LogP contribution in [-0.4, -0.2) is 0 Å². The van der Waals surface area contributed by atoms with Crippen molar-refractivity contribution in [1.29, 1.82) is 0 Å². The van der Waals surface area contributed by atoms with Crippen LogP contribution in [0.1, 0.15) is 25.0 Å². The van der Waals surface area contributed by atoms with Gasteiger partial charge in [0.05, 0.1) is 0 Å². The minimum Gasteiger partial charge on any atom is -0.143 e. The molecule has 3 heterocycles. The molecule has 0 aromatic carbocycles. The molecule has 3 heteroatoms. The summed E-state index contributed by atoms with van der Waals surface area (Å²) < 4.78 is 0. The molecule has 3 aromatic heterocycles. The molecule has 1 aliphatic carbocycles. The van der Waals surface area contributed by atoms with Gasteiger partial charge in [-0.05, 0) is 60.7 Å². The summed E-state index contributed by atoms with van der Waals surface area (Å²) in [6.45, 7) is 4.58. The average molecular weight is 329 g/mol. The Balaban J connectivity index is 1.94. The van der Waals surface area contributed by atoms with Gasteiger partial charge in [0.25, 0.3) is 0 Å². The first-order valence-corrected chi connectivity index (χ1v) is 9.69. The lowest BCUT2D eigenvalue weighted by Crippen LogP contribution is -2.04. The van der Waals surface area contributed by atoms with Crippen molar-refractivity contribution in [2.45, 2.75) is 26.7 Å². The van der Waals surface area contributed by atoms with Crippen LogP contribution in [-0.2, 0) is 12.8 Å². The lowest BCUT2D eigenvalue weighted by atomic mass is 9.87. The Morgan fingerprint density at radius 2 is 1.24 bits per heavy atom. The Morgan fingerprint density at radius 1 is 0.762 bits per heavy atom.